The number of benzene rings is 1. The van der Waals surface area contributed by atoms with Crippen LogP contribution < -0.4 is 5.32 Å². The Morgan fingerprint density at radius 1 is 1.26 bits per heavy atom. The van der Waals surface area contributed by atoms with E-state index in [2.05, 4.69) is 57.3 Å². The molecule has 1 aromatic carbocycles. The molecule has 2 rings (SSSR count). The van der Waals surface area contributed by atoms with Crippen molar-refractivity contribution in [3.63, 3.8) is 0 Å². The number of hydrogen-bond donors (Lipinski definition) is 1. The van der Waals surface area contributed by atoms with Gasteiger partial charge in [-0.1, -0.05) is 52.0 Å². The van der Waals surface area contributed by atoms with Gasteiger partial charge in [0, 0.05) is 6.04 Å². The Hall–Kier alpha value is -0.820. The van der Waals surface area contributed by atoms with Gasteiger partial charge in [0.1, 0.15) is 0 Å². The average Bonchev–Trinajstić information content (AvgIpc) is 3.08. The summed E-state index contributed by atoms with van der Waals surface area (Å²) in [6, 6.07) is 9.78. The number of rotatable bonds is 7. The summed E-state index contributed by atoms with van der Waals surface area (Å²) >= 11 is 0. The third-order valence-electron chi connectivity index (χ3n) is 4.26. The molecule has 1 aliphatic carbocycles. The van der Waals surface area contributed by atoms with E-state index < -0.39 is 0 Å². The van der Waals surface area contributed by atoms with E-state index in [0.29, 0.717) is 11.5 Å². The van der Waals surface area contributed by atoms with Gasteiger partial charge in [-0.2, -0.15) is 0 Å². The van der Waals surface area contributed by atoms with Crippen molar-refractivity contribution in [3.8, 4) is 0 Å². The predicted molar refractivity (Wildman–Crippen MR) is 83.4 cm³/mol. The van der Waals surface area contributed by atoms with Gasteiger partial charge in [-0.25, -0.2) is 0 Å². The highest BCUT2D eigenvalue weighted by Crippen LogP contribution is 2.54. The van der Waals surface area contributed by atoms with Gasteiger partial charge in [-0.05, 0) is 54.7 Å². The van der Waals surface area contributed by atoms with E-state index in [0.717, 1.165) is 12.5 Å². The maximum Gasteiger partial charge on any atom is 0.0374 e. The largest absolute Gasteiger partial charge is 0.309 e. The van der Waals surface area contributed by atoms with Crippen molar-refractivity contribution in [1.29, 1.82) is 0 Å². The van der Waals surface area contributed by atoms with Crippen molar-refractivity contribution in [1.82, 2.24) is 5.32 Å². The second-order valence-electron chi connectivity index (χ2n) is 6.88. The fourth-order valence-electron chi connectivity index (χ4n) is 2.91. The first-order chi connectivity index (χ1) is 9.05. The summed E-state index contributed by atoms with van der Waals surface area (Å²) in [5, 5.41) is 3.77. The Kier molecular flexibility index (Phi) is 4.67. The van der Waals surface area contributed by atoms with Gasteiger partial charge in [0.25, 0.3) is 0 Å². The molecule has 0 amide bonds. The van der Waals surface area contributed by atoms with Crippen molar-refractivity contribution in [2.45, 2.75) is 59.4 Å². The maximum absolute atomic E-state index is 3.77. The minimum absolute atomic E-state index is 0.492. The van der Waals surface area contributed by atoms with Crippen LogP contribution in [-0.2, 0) is 6.42 Å². The zero-order chi connectivity index (χ0) is 13.9. The fraction of sp³-hybridized carbons (Fsp3) is 0.667. The lowest BCUT2D eigenvalue weighted by molar-refractivity contribution is 0.366. The molecule has 1 unspecified atom stereocenters. The Morgan fingerprint density at radius 2 is 2.00 bits per heavy atom. The van der Waals surface area contributed by atoms with Gasteiger partial charge in [0.15, 0.2) is 0 Å². The Balaban J connectivity index is 2.16. The number of nitrogens with one attached hydrogen (secondary N) is 1. The first-order valence-corrected chi connectivity index (χ1v) is 7.87. The van der Waals surface area contributed by atoms with Crippen LogP contribution in [0.1, 0.15) is 64.1 Å². The molecule has 0 bridgehead atoms. The molecule has 0 aromatic heterocycles. The molecule has 1 N–H and O–H groups in total. The summed E-state index contributed by atoms with van der Waals surface area (Å²) in [7, 11) is 0. The van der Waals surface area contributed by atoms with E-state index in [-0.39, 0.29) is 0 Å². The molecular formula is C18H29N. The minimum atomic E-state index is 0.492. The van der Waals surface area contributed by atoms with Gasteiger partial charge in [-0.3, -0.25) is 0 Å². The molecule has 1 aromatic rings. The van der Waals surface area contributed by atoms with Crippen molar-refractivity contribution in [2.75, 3.05) is 6.54 Å². The van der Waals surface area contributed by atoms with Crippen LogP contribution in [0.4, 0.5) is 0 Å². The molecule has 106 valence electrons. The lowest BCUT2D eigenvalue weighted by atomic mass is 9.89. The first-order valence-electron chi connectivity index (χ1n) is 7.87. The van der Waals surface area contributed by atoms with Gasteiger partial charge >= 0.3 is 0 Å². The number of hydrogen-bond acceptors (Lipinski definition) is 1. The van der Waals surface area contributed by atoms with Crippen LogP contribution in [0.2, 0.25) is 0 Å². The van der Waals surface area contributed by atoms with Gasteiger partial charge < -0.3 is 5.32 Å². The quantitative estimate of drug-likeness (QED) is 0.746. The second kappa shape index (κ2) is 6.09. The Morgan fingerprint density at radius 3 is 2.58 bits per heavy atom. The lowest BCUT2D eigenvalue weighted by Gasteiger charge is -2.26. The normalized spacial score (nSPS) is 18.6. The molecule has 0 saturated heterocycles. The summed E-state index contributed by atoms with van der Waals surface area (Å²) in [4.78, 5) is 0. The highest BCUT2D eigenvalue weighted by atomic mass is 14.9. The zero-order valence-electron chi connectivity index (χ0n) is 13.0. The standard InChI is InChI=1S/C18H29N/c1-5-11-19-17(18(4)9-10-18)16-8-6-7-15(13-16)12-14(2)3/h6-8,13-14,17,19H,5,9-12H2,1-4H3. The minimum Gasteiger partial charge on any atom is -0.309 e. The van der Waals surface area contributed by atoms with Gasteiger partial charge in [0.05, 0.1) is 0 Å². The third-order valence-corrected chi connectivity index (χ3v) is 4.26. The van der Waals surface area contributed by atoms with Gasteiger partial charge in [-0.15, -0.1) is 0 Å². The SMILES string of the molecule is CCCNC(c1cccc(CC(C)C)c1)C1(C)CC1. The smallest absolute Gasteiger partial charge is 0.0374 e. The molecule has 1 atom stereocenters. The van der Waals surface area contributed by atoms with Crippen molar-refractivity contribution in [2.24, 2.45) is 11.3 Å². The Bertz CT molecular complexity index is 404. The summed E-state index contributed by atoms with van der Waals surface area (Å²) in [6.07, 6.45) is 5.12. The molecule has 1 nitrogen and oxygen atoms in total. The molecule has 0 radical (unpaired) electrons. The molecule has 0 heterocycles. The summed E-state index contributed by atoms with van der Waals surface area (Å²) in [5.74, 6) is 0.730. The second-order valence-corrected chi connectivity index (χ2v) is 6.88. The monoisotopic (exact) mass is 259 g/mol. The molecule has 19 heavy (non-hydrogen) atoms. The molecule has 0 aliphatic heterocycles. The van der Waals surface area contributed by atoms with Crippen molar-refractivity contribution >= 4 is 0 Å². The van der Waals surface area contributed by atoms with Crippen molar-refractivity contribution < 1.29 is 0 Å². The molecule has 1 saturated carbocycles. The summed E-state index contributed by atoms with van der Waals surface area (Å²) in [6.45, 7) is 10.4. The molecule has 1 heteroatoms. The van der Waals surface area contributed by atoms with Crippen LogP contribution in [0.5, 0.6) is 0 Å². The Labute approximate surface area is 118 Å². The van der Waals surface area contributed by atoms with Crippen LogP contribution in [0.15, 0.2) is 24.3 Å². The van der Waals surface area contributed by atoms with E-state index in [9.17, 15) is 0 Å². The maximum atomic E-state index is 3.77. The highest BCUT2D eigenvalue weighted by molar-refractivity contribution is 5.29. The molecular weight excluding hydrogens is 230 g/mol. The lowest BCUT2D eigenvalue weighted by Crippen LogP contribution is -2.28. The third kappa shape index (κ3) is 3.82. The first kappa shape index (κ1) is 14.6. The summed E-state index contributed by atoms with van der Waals surface area (Å²) in [5.41, 5.74) is 3.47. The van der Waals surface area contributed by atoms with E-state index in [1.54, 1.807) is 0 Å². The fourth-order valence-corrected chi connectivity index (χ4v) is 2.91. The topological polar surface area (TPSA) is 12.0 Å². The highest BCUT2D eigenvalue weighted by Gasteiger charge is 2.45. The van der Waals surface area contributed by atoms with E-state index in [1.165, 1.54) is 36.8 Å². The van der Waals surface area contributed by atoms with Crippen LogP contribution >= 0.6 is 0 Å². The van der Waals surface area contributed by atoms with E-state index in [4.69, 9.17) is 0 Å². The van der Waals surface area contributed by atoms with E-state index in [1.807, 2.05) is 0 Å². The summed E-state index contributed by atoms with van der Waals surface area (Å²) < 4.78 is 0. The zero-order valence-corrected chi connectivity index (χ0v) is 13.0. The van der Waals surface area contributed by atoms with E-state index >= 15 is 0 Å². The van der Waals surface area contributed by atoms with Crippen LogP contribution in [0, 0.1) is 11.3 Å². The van der Waals surface area contributed by atoms with Crippen molar-refractivity contribution in [3.05, 3.63) is 35.4 Å². The van der Waals surface area contributed by atoms with Gasteiger partial charge in [0.2, 0.25) is 0 Å². The molecule has 1 aliphatic rings. The molecule has 0 spiro atoms. The average molecular weight is 259 g/mol. The van der Waals surface area contributed by atoms with Crippen LogP contribution in [0.25, 0.3) is 0 Å². The molecule has 1 fully saturated rings. The van der Waals surface area contributed by atoms with Crippen LogP contribution in [0.3, 0.4) is 0 Å². The van der Waals surface area contributed by atoms with Crippen LogP contribution in [-0.4, -0.2) is 6.54 Å². The predicted octanol–water partition coefficient (Wildman–Crippen LogP) is 4.73.